The summed E-state index contributed by atoms with van der Waals surface area (Å²) >= 11 is 0. The normalized spacial score (nSPS) is 19.4. The summed E-state index contributed by atoms with van der Waals surface area (Å²) in [6.07, 6.45) is 0.351. The van der Waals surface area contributed by atoms with Crippen molar-refractivity contribution in [1.29, 1.82) is 0 Å². The summed E-state index contributed by atoms with van der Waals surface area (Å²) in [5.74, 6) is -0.979. The molecule has 0 aliphatic carbocycles. The fraction of sp³-hybridized carbons (Fsp3) is 0.400. The number of nitrogens with one attached hydrogen (secondary N) is 1. The largest absolute Gasteiger partial charge is 0.379 e. The van der Waals surface area contributed by atoms with Crippen molar-refractivity contribution in [2.24, 2.45) is 0 Å². The van der Waals surface area contributed by atoms with Crippen molar-refractivity contribution in [3.8, 4) is 0 Å². The quantitative estimate of drug-likeness (QED) is 0.559. The first-order valence-corrected chi connectivity index (χ1v) is 13.6. The average molecular weight is 529 g/mol. The Morgan fingerprint density at radius 2 is 1.41 bits per heavy atom. The second kappa shape index (κ2) is 10.6. The van der Waals surface area contributed by atoms with Gasteiger partial charge in [0.2, 0.25) is 21.8 Å². The lowest BCUT2D eigenvalue weighted by Crippen LogP contribution is -2.40. The molecule has 11 nitrogen and oxygen atoms in total. The van der Waals surface area contributed by atoms with E-state index < -0.39 is 15.9 Å². The molecule has 0 spiro atoms. The van der Waals surface area contributed by atoms with Crippen molar-refractivity contribution in [2.45, 2.75) is 17.7 Å². The molecule has 1 N–H and O–H groups in total. The Kier molecular flexibility index (Phi) is 7.24. The van der Waals surface area contributed by atoms with Gasteiger partial charge in [-0.05, 0) is 42.5 Å². The molecule has 0 atom stereocenters. The Morgan fingerprint density at radius 3 is 2.03 bits per heavy atom. The van der Waals surface area contributed by atoms with E-state index in [0.717, 1.165) is 4.90 Å². The summed E-state index contributed by atoms with van der Waals surface area (Å²) in [5.41, 5.74) is 1.78. The fourth-order valence-electron chi connectivity index (χ4n) is 4.61. The topological polar surface area (TPSA) is 126 Å². The molecule has 0 unspecified atom stereocenters. The minimum absolute atomic E-state index is 0.0862. The predicted molar refractivity (Wildman–Crippen MR) is 135 cm³/mol. The molecule has 3 aliphatic heterocycles. The van der Waals surface area contributed by atoms with Gasteiger partial charge in [-0.3, -0.25) is 19.3 Å². The molecule has 2 aromatic rings. The zero-order chi connectivity index (χ0) is 26.0. The third-order valence-electron chi connectivity index (χ3n) is 6.62. The maximum atomic E-state index is 13.3. The summed E-state index contributed by atoms with van der Waals surface area (Å²) in [7, 11) is -3.77. The van der Waals surface area contributed by atoms with Gasteiger partial charge in [0.1, 0.15) is 0 Å². The van der Waals surface area contributed by atoms with E-state index in [1.165, 1.54) is 22.5 Å². The molecular weight excluding hydrogens is 500 g/mol. The lowest BCUT2D eigenvalue weighted by molar-refractivity contribution is -0.121. The molecule has 0 radical (unpaired) electrons. The first-order valence-electron chi connectivity index (χ1n) is 12.2. The van der Waals surface area contributed by atoms with E-state index in [9.17, 15) is 22.8 Å². The van der Waals surface area contributed by atoms with Crippen LogP contribution in [-0.4, -0.2) is 83.1 Å². The number of anilines is 3. The number of hydrogen-bond acceptors (Lipinski definition) is 8. The number of carbonyl (C=O) groups is 3. The second-order valence-electron chi connectivity index (χ2n) is 8.92. The maximum Gasteiger partial charge on any atom is 0.255 e. The van der Waals surface area contributed by atoms with Crippen molar-refractivity contribution in [3.05, 3.63) is 48.0 Å². The van der Waals surface area contributed by atoms with Gasteiger partial charge in [-0.1, -0.05) is 0 Å². The molecule has 3 amide bonds. The van der Waals surface area contributed by atoms with Gasteiger partial charge in [0.15, 0.2) is 0 Å². The van der Waals surface area contributed by atoms with E-state index in [0.29, 0.717) is 62.1 Å². The SMILES string of the molecule is O=C(Nc1cc(S(=O)(=O)N2CCOCC2)ccc1N1CCOCC1)c1ccc(N2C(=O)CCC2=O)cc1. The number of imide groups is 1. The Labute approximate surface area is 215 Å². The Hall–Kier alpha value is -3.32. The van der Waals surface area contributed by atoms with Gasteiger partial charge in [0, 0.05) is 44.6 Å². The van der Waals surface area contributed by atoms with Crippen molar-refractivity contribution in [2.75, 3.05) is 67.7 Å². The van der Waals surface area contributed by atoms with E-state index in [2.05, 4.69) is 5.32 Å². The maximum absolute atomic E-state index is 13.3. The minimum Gasteiger partial charge on any atom is -0.379 e. The molecule has 3 fully saturated rings. The molecule has 2 aromatic carbocycles. The Morgan fingerprint density at radius 1 is 0.811 bits per heavy atom. The zero-order valence-corrected chi connectivity index (χ0v) is 21.0. The highest BCUT2D eigenvalue weighted by Gasteiger charge is 2.31. The van der Waals surface area contributed by atoms with Crippen LogP contribution in [0.3, 0.4) is 0 Å². The van der Waals surface area contributed by atoms with Crippen LogP contribution in [0.25, 0.3) is 0 Å². The molecular formula is C25H28N4O7S. The van der Waals surface area contributed by atoms with Crippen LogP contribution >= 0.6 is 0 Å². The molecule has 12 heteroatoms. The molecule has 37 heavy (non-hydrogen) atoms. The van der Waals surface area contributed by atoms with Crippen LogP contribution in [0.15, 0.2) is 47.4 Å². The Balaban J connectivity index is 1.42. The zero-order valence-electron chi connectivity index (χ0n) is 20.2. The average Bonchev–Trinajstić information content (AvgIpc) is 3.27. The van der Waals surface area contributed by atoms with Crippen LogP contribution in [0.5, 0.6) is 0 Å². The smallest absolute Gasteiger partial charge is 0.255 e. The summed E-state index contributed by atoms with van der Waals surface area (Å²) < 4.78 is 38.6. The molecule has 3 aliphatic rings. The monoisotopic (exact) mass is 528 g/mol. The van der Waals surface area contributed by atoms with E-state index in [1.807, 2.05) is 4.90 Å². The number of nitrogens with zero attached hydrogens (tertiary/aromatic N) is 3. The summed E-state index contributed by atoms with van der Waals surface area (Å²) in [4.78, 5) is 40.5. The van der Waals surface area contributed by atoms with Crippen molar-refractivity contribution < 1.29 is 32.3 Å². The number of benzene rings is 2. The first-order chi connectivity index (χ1) is 17.8. The first kappa shape index (κ1) is 25.3. The standard InChI is InChI=1S/C25H28N4O7S/c30-23-7-8-24(31)29(23)19-3-1-18(2-4-19)25(32)26-21-17-20(37(33,34)28-11-15-36-16-12-28)5-6-22(21)27-9-13-35-14-10-27/h1-6,17H,7-16H2,(H,26,32). The number of ether oxygens (including phenoxy) is 2. The van der Waals surface area contributed by atoms with Gasteiger partial charge in [0.25, 0.3) is 5.91 Å². The fourth-order valence-corrected chi connectivity index (χ4v) is 6.05. The Bertz CT molecular complexity index is 1280. The molecule has 5 rings (SSSR count). The number of morpholine rings is 2. The van der Waals surface area contributed by atoms with Gasteiger partial charge >= 0.3 is 0 Å². The molecule has 196 valence electrons. The van der Waals surface area contributed by atoms with Crippen molar-refractivity contribution >= 4 is 44.8 Å². The highest BCUT2D eigenvalue weighted by Crippen LogP contribution is 2.32. The van der Waals surface area contributed by atoms with Gasteiger partial charge < -0.3 is 19.7 Å². The van der Waals surface area contributed by atoms with Gasteiger partial charge in [-0.2, -0.15) is 4.31 Å². The number of hydrogen-bond donors (Lipinski definition) is 1. The highest BCUT2D eigenvalue weighted by molar-refractivity contribution is 7.89. The van der Waals surface area contributed by atoms with E-state index in [4.69, 9.17) is 9.47 Å². The van der Waals surface area contributed by atoms with Crippen LogP contribution in [0.4, 0.5) is 17.1 Å². The van der Waals surface area contributed by atoms with Crippen LogP contribution in [0, 0.1) is 0 Å². The lowest BCUT2D eigenvalue weighted by atomic mass is 10.1. The third-order valence-corrected chi connectivity index (χ3v) is 8.51. The van der Waals surface area contributed by atoms with Gasteiger partial charge in [-0.25, -0.2) is 8.42 Å². The van der Waals surface area contributed by atoms with E-state index in [1.54, 1.807) is 24.3 Å². The third kappa shape index (κ3) is 5.23. The number of carbonyl (C=O) groups excluding carboxylic acids is 3. The van der Waals surface area contributed by atoms with E-state index >= 15 is 0 Å². The van der Waals surface area contributed by atoms with E-state index in [-0.39, 0.29) is 42.6 Å². The number of sulfonamides is 1. The summed E-state index contributed by atoms with van der Waals surface area (Å²) in [5, 5.41) is 2.87. The highest BCUT2D eigenvalue weighted by atomic mass is 32.2. The van der Waals surface area contributed by atoms with Crippen molar-refractivity contribution in [3.63, 3.8) is 0 Å². The lowest BCUT2D eigenvalue weighted by Gasteiger charge is -2.31. The van der Waals surface area contributed by atoms with Crippen LogP contribution in [0.2, 0.25) is 0 Å². The van der Waals surface area contributed by atoms with Gasteiger partial charge in [-0.15, -0.1) is 0 Å². The molecule has 0 aromatic heterocycles. The van der Waals surface area contributed by atoms with Crippen LogP contribution < -0.4 is 15.1 Å². The molecule has 0 saturated carbocycles. The number of rotatable bonds is 6. The molecule has 0 bridgehead atoms. The second-order valence-corrected chi connectivity index (χ2v) is 10.9. The molecule has 3 heterocycles. The van der Waals surface area contributed by atoms with Crippen molar-refractivity contribution in [1.82, 2.24) is 4.31 Å². The minimum atomic E-state index is -3.77. The predicted octanol–water partition coefficient (Wildman–Crippen LogP) is 1.45. The molecule has 3 saturated heterocycles. The van der Waals surface area contributed by atoms with Crippen LogP contribution in [0.1, 0.15) is 23.2 Å². The number of amides is 3. The summed E-state index contributed by atoms with van der Waals surface area (Å²) in [6.45, 7) is 3.45. The van der Waals surface area contributed by atoms with Crippen LogP contribution in [-0.2, 0) is 29.1 Å². The summed E-state index contributed by atoms with van der Waals surface area (Å²) in [6, 6.07) is 10.9. The van der Waals surface area contributed by atoms with Gasteiger partial charge in [0.05, 0.1) is 48.4 Å².